The predicted octanol–water partition coefficient (Wildman–Crippen LogP) is 0.974. The molecule has 0 unspecified atom stereocenters. The van der Waals surface area contributed by atoms with Gasteiger partial charge in [-0.1, -0.05) is 0 Å². The van der Waals surface area contributed by atoms with E-state index < -0.39 is 10.5 Å². The van der Waals surface area contributed by atoms with E-state index in [-0.39, 0.29) is 11.7 Å². The Morgan fingerprint density at radius 3 is 2.31 bits per heavy atom. The molecule has 0 atom stereocenters. The number of H-pyrrole nitrogens is 1. The van der Waals surface area contributed by atoms with E-state index in [0.717, 1.165) is 0 Å². The Hall–Kier alpha value is -1.59. The highest BCUT2D eigenvalue weighted by molar-refractivity contribution is 5.31. The fourth-order valence-electron chi connectivity index (χ4n) is 1.14. The summed E-state index contributed by atoms with van der Waals surface area (Å²) in [6.07, 6.45) is 0. The number of hydrogen-bond donors (Lipinski definition) is 1. The second-order valence-corrected chi connectivity index (χ2v) is 3.11. The summed E-state index contributed by atoms with van der Waals surface area (Å²) in [7, 11) is 0. The second-order valence-electron chi connectivity index (χ2n) is 3.11. The lowest BCUT2D eigenvalue weighted by Gasteiger charge is -2.02. The Labute approximate surface area is 74.3 Å². The maximum atomic E-state index is 11.4. The molecule has 0 amide bonds. The first-order valence-electron chi connectivity index (χ1n) is 3.90. The highest BCUT2D eigenvalue weighted by Gasteiger charge is 2.22. The van der Waals surface area contributed by atoms with Gasteiger partial charge in [0, 0.05) is 6.04 Å². The molecule has 1 aromatic rings. The summed E-state index contributed by atoms with van der Waals surface area (Å²) in [5.74, 6) is 0. The highest BCUT2D eigenvalue weighted by Crippen LogP contribution is 2.11. The summed E-state index contributed by atoms with van der Waals surface area (Å²) in [5.41, 5.74) is -0.644. The van der Waals surface area contributed by atoms with E-state index in [1.54, 1.807) is 13.8 Å². The van der Waals surface area contributed by atoms with Crippen LogP contribution in [0, 0.1) is 17.0 Å². The number of aromatic amines is 1. The van der Waals surface area contributed by atoms with Gasteiger partial charge in [-0.25, -0.2) is 4.68 Å². The molecule has 1 rings (SSSR count). The number of aryl methyl sites for hydroxylation is 1. The lowest BCUT2D eigenvalue weighted by molar-refractivity contribution is -0.386. The van der Waals surface area contributed by atoms with Gasteiger partial charge in [0.1, 0.15) is 5.69 Å². The first-order valence-corrected chi connectivity index (χ1v) is 3.90. The standard InChI is InChI=1S/C7H11N3O3/c1-4(2)9-7(11)6(10(12)13)5(3)8-9/h4,8H,1-3H3. The molecule has 0 bridgehead atoms. The van der Waals surface area contributed by atoms with Gasteiger partial charge in [-0.2, -0.15) is 0 Å². The van der Waals surface area contributed by atoms with Crippen molar-refractivity contribution < 1.29 is 4.92 Å². The van der Waals surface area contributed by atoms with Crippen molar-refractivity contribution in [3.8, 4) is 0 Å². The molecule has 1 aromatic heterocycles. The third kappa shape index (κ3) is 1.47. The van der Waals surface area contributed by atoms with Crippen LogP contribution in [0.1, 0.15) is 25.6 Å². The van der Waals surface area contributed by atoms with Crippen molar-refractivity contribution in [2.45, 2.75) is 26.8 Å². The SMILES string of the molecule is Cc1[nH]n(C(C)C)c(=O)c1[N+](=O)[O-]. The van der Waals surface area contributed by atoms with Gasteiger partial charge in [-0.3, -0.25) is 20.0 Å². The molecule has 0 fully saturated rings. The molecular weight excluding hydrogens is 174 g/mol. The smallest absolute Gasteiger partial charge is 0.293 e. The summed E-state index contributed by atoms with van der Waals surface area (Å²) in [5, 5.41) is 13.1. The molecule has 0 aliphatic rings. The van der Waals surface area contributed by atoms with Crippen LogP contribution in [-0.2, 0) is 0 Å². The zero-order chi connectivity index (χ0) is 10.2. The van der Waals surface area contributed by atoms with E-state index in [1.165, 1.54) is 11.6 Å². The average molecular weight is 185 g/mol. The Kier molecular flexibility index (Phi) is 2.22. The molecule has 1 heterocycles. The van der Waals surface area contributed by atoms with Crippen LogP contribution in [-0.4, -0.2) is 14.7 Å². The predicted molar refractivity (Wildman–Crippen MR) is 46.8 cm³/mol. The van der Waals surface area contributed by atoms with Gasteiger partial charge >= 0.3 is 11.2 Å². The Bertz CT molecular complexity index is 388. The van der Waals surface area contributed by atoms with Gasteiger partial charge in [0.15, 0.2) is 0 Å². The van der Waals surface area contributed by atoms with Crippen LogP contribution >= 0.6 is 0 Å². The van der Waals surface area contributed by atoms with Crippen molar-refractivity contribution in [2.24, 2.45) is 0 Å². The van der Waals surface area contributed by atoms with Gasteiger partial charge < -0.3 is 0 Å². The average Bonchev–Trinajstić information content (AvgIpc) is 2.26. The first-order chi connectivity index (χ1) is 5.95. The van der Waals surface area contributed by atoms with E-state index in [4.69, 9.17) is 0 Å². The van der Waals surface area contributed by atoms with Crippen molar-refractivity contribution in [1.29, 1.82) is 0 Å². The van der Waals surface area contributed by atoms with Gasteiger partial charge in [-0.05, 0) is 20.8 Å². The van der Waals surface area contributed by atoms with Crippen molar-refractivity contribution >= 4 is 5.69 Å². The number of nitrogens with zero attached hydrogens (tertiary/aromatic N) is 2. The second kappa shape index (κ2) is 3.04. The first kappa shape index (κ1) is 9.50. The molecule has 0 saturated carbocycles. The van der Waals surface area contributed by atoms with Gasteiger partial charge in [-0.15, -0.1) is 0 Å². The molecule has 0 aliphatic carbocycles. The largest absolute Gasteiger partial charge is 0.355 e. The summed E-state index contributed by atoms with van der Waals surface area (Å²) in [4.78, 5) is 21.2. The Balaban J connectivity index is 3.40. The molecule has 0 aromatic carbocycles. The number of aromatic nitrogens is 2. The Morgan fingerprint density at radius 2 is 2.08 bits per heavy atom. The molecule has 72 valence electrons. The molecule has 1 N–H and O–H groups in total. The quantitative estimate of drug-likeness (QED) is 0.550. The third-order valence-electron chi connectivity index (χ3n) is 1.76. The van der Waals surface area contributed by atoms with Crippen molar-refractivity contribution in [3.05, 3.63) is 26.2 Å². The minimum Gasteiger partial charge on any atom is -0.293 e. The fourth-order valence-corrected chi connectivity index (χ4v) is 1.14. The summed E-state index contributed by atoms with van der Waals surface area (Å²) < 4.78 is 1.24. The van der Waals surface area contributed by atoms with Crippen LogP contribution in [0.5, 0.6) is 0 Å². The van der Waals surface area contributed by atoms with Gasteiger partial charge in [0.2, 0.25) is 0 Å². The molecule has 0 aliphatic heterocycles. The number of rotatable bonds is 2. The maximum Gasteiger partial charge on any atom is 0.355 e. The number of nitro groups is 1. The fraction of sp³-hybridized carbons (Fsp3) is 0.571. The van der Waals surface area contributed by atoms with Crippen LogP contribution in [0.3, 0.4) is 0 Å². The van der Waals surface area contributed by atoms with Crippen LogP contribution in [0.2, 0.25) is 0 Å². The summed E-state index contributed by atoms with van der Waals surface area (Å²) in [6, 6.07) is -0.0973. The third-order valence-corrected chi connectivity index (χ3v) is 1.76. The summed E-state index contributed by atoms with van der Waals surface area (Å²) in [6.45, 7) is 5.07. The van der Waals surface area contributed by atoms with Crippen molar-refractivity contribution in [2.75, 3.05) is 0 Å². The van der Waals surface area contributed by atoms with E-state index in [0.29, 0.717) is 5.69 Å². The van der Waals surface area contributed by atoms with E-state index >= 15 is 0 Å². The minimum atomic E-state index is -0.660. The molecule has 0 spiro atoms. The molecule has 6 nitrogen and oxygen atoms in total. The van der Waals surface area contributed by atoms with E-state index in [1.807, 2.05) is 0 Å². The van der Waals surface area contributed by atoms with Crippen molar-refractivity contribution in [1.82, 2.24) is 9.78 Å². The lowest BCUT2D eigenvalue weighted by atomic mass is 10.4. The van der Waals surface area contributed by atoms with E-state index in [2.05, 4.69) is 5.10 Å². The molecular formula is C7H11N3O3. The van der Waals surface area contributed by atoms with Crippen LogP contribution in [0.25, 0.3) is 0 Å². The molecule has 13 heavy (non-hydrogen) atoms. The van der Waals surface area contributed by atoms with Gasteiger partial charge in [0.25, 0.3) is 0 Å². The van der Waals surface area contributed by atoms with Crippen LogP contribution in [0.15, 0.2) is 4.79 Å². The summed E-state index contributed by atoms with van der Waals surface area (Å²) >= 11 is 0. The van der Waals surface area contributed by atoms with Crippen LogP contribution in [0.4, 0.5) is 5.69 Å². The van der Waals surface area contributed by atoms with E-state index in [9.17, 15) is 14.9 Å². The minimum absolute atomic E-state index is 0.0973. The zero-order valence-corrected chi connectivity index (χ0v) is 7.70. The van der Waals surface area contributed by atoms with Crippen LogP contribution < -0.4 is 5.56 Å². The maximum absolute atomic E-state index is 11.4. The normalized spacial score (nSPS) is 10.8. The number of hydrogen-bond acceptors (Lipinski definition) is 3. The topological polar surface area (TPSA) is 80.9 Å². The number of nitrogens with one attached hydrogen (secondary N) is 1. The van der Waals surface area contributed by atoms with Crippen molar-refractivity contribution in [3.63, 3.8) is 0 Å². The Morgan fingerprint density at radius 1 is 1.54 bits per heavy atom. The highest BCUT2D eigenvalue weighted by atomic mass is 16.6. The lowest BCUT2D eigenvalue weighted by Crippen LogP contribution is -2.20. The van der Waals surface area contributed by atoms with Gasteiger partial charge in [0.05, 0.1) is 4.92 Å². The molecule has 0 radical (unpaired) electrons. The zero-order valence-electron chi connectivity index (χ0n) is 7.70. The monoisotopic (exact) mass is 185 g/mol. The molecule has 6 heteroatoms. The molecule has 0 saturated heterocycles.